The van der Waals surface area contributed by atoms with Gasteiger partial charge in [0.1, 0.15) is 0 Å². The van der Waals surface area contributed by atoms with Crippen LogP contribution in [-0.4, -0.2) is 21.3 Å². The molecule has 1 N–H and O–H groups in total. The summed E-state index contributed by atoms with van der Waals surface area (Å²) in [5.41, 5.74) is 1.54. The number of aromatic nitrogens is 2. The van der Waals surface area contributed by atoms with Crippen molar-refractivity contribution in [3.05, 3.63) is 36.0 Å². The molecule has 4 nitrogen and oxygen atoms in total. The third-order valence-electron chi connectivity index (χ3n) is 2.48. The highest BCUT2D eigenvalue weighted by Crippen LogP contribution is 2.13. The van der Waals surface area contributed by atoms with Crippen molar-refractivity contribution in [3.63, 3.8) is 0 Å². The van der Waals surface area contributed by atoms with Crippen LogP contribution in [0.2, 0.25) is 0 Å². The minimum absolute atomic E-state index is 0.410. The van der Waals surface area contributed by atoms with Crippen molar-refractivity contribution in [3.8, 4) is 0 Å². The lowest BCUT2D eigenvalue weighted by atomic mass is 10.1. The second-order valence-corrected chi connectivity index (χ2v) is 3.84. The van der Waals surface area contributed by atoms with Gasteiger partial charge in [-0.05, 0) is 12.1 Å². The molecule has 2 rings (SSSR count). The Morgan fingerprint density at radius 2 is 2.12 bits per heavy atom. The van der Waals surface area contributed by atoms with Crippen LogP contribution >= 0.6 is 0 Å². The number of benzene rings is 1. The minimum atomic E-state index is -0.810. The van der Waals surface area contributed by atoms with Crippen molar-refractivity contribution in [2.45, 2.75) is 13.3 Å². The average Bonchev–Trinajstić information content (AvgIpc) is 2.28. The Labute approximate surface area is 92.9 Å². The molecular weight excluding hydrogens is 204 g/mol. The second kappa shape index (κ2) is 4.26. The van der Waals surface area contributed by atoms with E-state index < -0.39 is 11.9 Å². The molecule has 0 amide bonds. The molecule has 0 aliphatic carbocycles. The van der Waals surface area contributed by atoms with Crippen LogP contribution in [0.15, 0.2) is 30.3 Å². The molecule has 0 bridgehead atoms. The monoisotopic (exact) mass is 216 g/mol. The van der Waals surface area contributed by atoms with Crippen LogP contribution in [0.5, 0.6) is 0 Å². The first kappa shape index (κ1) is 10.5. The van der Waals surface area contributed by atoms with E-state index in [0.29, 0.717) is 12.1 Å². The summed E-state index contributed by atoms with van der Waals surface area (Å²) in [6.07, 6.45) is 0.410. The van der Waals surface area contributed by atoms with E-state index in [1.54, 1.807) is 6.92 Å². The van der Waals surface area contributed by atoms with Gasteiger partial charge in [0.05, 0.1) is 17.1 Å². The average molecular weight is 216 g/mol. The Morgan fingerprint density at radius 1 is 1.38 bits per heavy atom. The summed E-state index contributed by atoms with van der Waals surface area (Å²) in [6.45, 7) is 1.67. The molecule has 0 fully saturated rings. The molecule has 1 aromatic carbocycles. The summed E-state index contributed by atoms with van der Waals surface area (Å²) in [6, 6.07) is 9.54. The number of fused-ring (bicyclic) bond motifs is 1. The number of hydrogen-bond donors (Lipinski definition) is 1. The number of carboxylic acids is 1. The molecule has 1 atom stereocenters. The van der Waals surface area contributed by atoms with Crippen molar-refractivity contribution in [1.82, 2.24) is 10.2 Å². The molecule has 0 aliphatic rings. The van der Waals surface area contributed by atoms with E-state index in [0.717, 1.165) is 10.9 Å². The number of carboxylic acid groups (broad SMARTS) is 1. The van der Waals surface area contributed by atoms with Gasteiger partial charge in [0.25, 0.3) is 0 Å². The zero-order chi connectivity index (χ0) is 11.5. The van der Waals surface area contributed by atoms with Gasteiger partial charge in [-0.3, -0.25) is 4.79 Å². The van der Waals surface area contributed by atoms with Crippen LogP contribution in [0.4, 0.5) is 0 Å². The van der Waals surface area contributed by atoms with E-state index >= 15 is 0 Å². The van der Waals surface area contributed by atoms with Gasteiger partial charge in [0, 0.05) is 11.8 Å². The lowest BCUT2D eigenvalue weighted by molar-refractivity contribution is -0.141. The molecule has 1 heterocycles. The zero-order valence-electron chi connectivity index (χ0n) is 8.92. The molecule has 1 aromatic heterocycles. The Morgan fingerprint density at radius 3 is 2.88 bits per heavy atom. The van der Waals surface area contributed by atoms with Crippen molar-refractivity contribution in [1.29, 1.82) is 0 Å². The summed E-state index contributed by atoms with van der Waals surface area (Å²) in [4.78, 5) is 10.7. The standard InChI is InChI=1S/C12H12N2O2/c1-8(12(15)16)6-10-7-9-4-2-3-5-11(9)14-13-10/h2-5,7-8H,6H2,1H3,(H,15,16). The predicted octanol–water partition coefficient (Wildman–Crippen LogP) is 1.89. The Kier molecular flexibility index (Phi) is 2.81. The predicted molar refractivity (Wildman–Crippen MR) is 60.0 cm³/mol. The largest absolute Gasteiger partial charge is 0.481 e. The summed E-state index contributed by atoms with van der Waals surface area (Å²) in [5.74, 6) is -1.24. The second-order valence-electron chi connectivity index (χ2n) is 3.84. The summed E-state index contributed by atoms with van der Waals surface area (Å²) < 4.78 is 0. The van der Waals surface area contributed by atoms with Gasteiger partial charge < -0.3 is 5.11 Å². The van der Waals surface area contributed by atoms with E-state index in [1.807, 2.05) is 30.3 Å². The fraction of sp³-hybridized carbons (Fsp3) is 0.250. The van der Waals surface area contributed by atoms with Crippen molar-refractivity contribution >= 4 is 16.9 Å². The van der Waals surface area contributed by atoms with Gasteiger partial charge in [0.15, 0.2) is 0 Å². The topological polar surface area (TPSA) is 63.1 Å². The number of carbonyl (C=O) groups is 1. The molecular formula is C12H12N2O2. The SMILES string of the molecule is CC(Cc1cc2ccccc2nn1)C(=O)O. The van der Waals surface area contributed by atoms with E-state index in [4.69, 9.17) is 5.11 Å². The van der Waals surface area contributed by atoms with Crippen LogP contribution in [0.25, 0.3) is 10.9 Å². The summed E-state index contributed by atoms with van der Waals surface area (Å²) in [5, 5.41) is 17.9. The lowest BCUT2D eigenvalue weighted by Gasteiger charge is -2.05. The molecule has 0 saturated carbocycles. The van der Waals surface area contributed by atoms with E-state index in [9.17, 15) is 4.79 Å². The fourth-order valence-electron chi connectivity index (χ4n) is 1.53. The third-order valence-corrected chi connectivity index (χ3v) is 2.48. The molecule has 0 spiro atoms. The Hall–Kier alpha value is -1.97. The summed E-state index contributed by atoms with van der Waals surface area (Å²) >= 11 is 0. The minimum Gasteiger partial charge on any atom is -0.481 e. The third kappa shape index (κ3) is 2.16. The zero-order valence-corrected chi connectivity index (χ0v) is 8.92. The highest BCUT2D eigenvalue weighted by molar-refractivity contribution is 5.78. The molecule has 0 radical (unpaired) electrons. The van der Waals surface area contributed by atoms with Gasteiger partial charge in [-0.1, -0.05) is 25.1 Å². The summed E-state index contributed by atoms with van der Waals surface area (Å²) in [7, 11) is 0. The quantitative estimate of drug-likeness (QED) is 0.851. The van der Waals surface area contributed by atoms with Gasteiger partial charge in [0.2, 0.25) is 0 Å². The molecule has 0 aliphatic heterocycles. The Bertz CT molecular complexity index is 525. The van der Waals surface area contributed by atoms with Crippen LogP contribution in [0.1, 0.15) is 12.6 Å². The van der Waals surface area contributed by atoms with Crippen molar-refractivity contribution in [2.75, 3.05) is 0 Å². The van der Waals surface area contributed by atoms with Crippen LogP contribution in [0.3, 0.4) is 0 Å². The number of aliphatic carboxylic acids is 1. The maximum atomic E-state index is 10.7. The van der Waals surface area contributed by atoms with Crippen LogP contribution in [-0.2, 0) is 11.2 Å². The van der Waals surface area contributed by atoms with Crippen molar-refractivity contribution < 1.29 is 9.90 Å². The Balaban J connectivity index is 2.29. The van der Waals surface area contributed by atoms with E-state index in [-0.39, 0.29) is 0 Å². The smallest absolute Gasteiger partial charge is 0.306 e. The molecule has 0 saturated heterocycles. The van der Waals surface area contributed by atoms with Gasteiger partial charge in [-0.2, -0.15) is 10.2 Å². The fourth-order valence-corrected chi connectivity index (χ4v) is 1.53. The molecule has 16 heavy (non-hydrogen) atoms. The highest BCUT2D eigenvalue weighted by atomic mass is 16.4. The lowest BCUT2D eigenvalue weighted by Crippen LogP contribution is -2.13. The first-order valence-corrected chi connectivity index (χ1v) is 5.11. The molecule has 4 heteroatoms. The number of nitrogens with zero attached hydrogens (tertiary/aromatic N) is 2. The highest BCUT2D eigenvalue weighted by Gasteiger charge is 2.12. The van der Waals surface area contributed by atoms with Crippen molar-refractivity contribution in [2.24, 2.45) is 5.92 Å². The first-order chi connectivity index (χ1) is 7.66. The maximum absolute atomic E-state index is 10.7. The molecule has 2 aromatic rings. The van der Waals surface area contributed by atoms with Gasteiger partial charge >= 0.3 is 5.97 Å². The van der Waals surface area contributed by atoms with Gasteiger partial charge in [-0.15, -0.1) is 0 Å². The first-order valence-electron chi connectivity index (χ1n) is 5.11. The number of hydrogen-bond acceptors (Lipinski definition) is 3. The van der Waals surface area contributed by atoms with E-state index in [1.165, 1.54) is 0 Å². The van der Waals surface area contributed by atoms with Crippen LogP contribution in [0, 0.1) is 5.92 Å². The van der Waals surface area contributed by atoms with Gasteiger partial charge in [-0.25, -0.2) is 0 Å². The normalized spacial score (nSPS) is 12.6. The molecule has 1 unspecified atom stereocenters. The van der Waals surface area contributed by atoms with Crippen LogP contribution < -0.4 is 0 Å². The maximum Gasteiger partial charge on any atom is 0.306 e. The number of rotatable bonds is 3. The molecule has 82 valence electrons. The van der Waals surface area contributed by atoms with E-state index in [2.05, 4.69) is 10.2 Å².